The molecule has 0 aliphatic carbocycles. The first kappa shape index (κ1) is 19.9. The lowest BCUT2D eigenvalue weighted by Crippen LogP contribution is -2.42. The van der Waals surface area contributed by atoms with Crippen molar-refractivity contribution in [3.05, 3.63) is 74.8 Å². The zero-order chi connectivity index (χ0) is 20.0. The van der Waals surface area contributed by atoms with Crippen LogP contribution in [0.4, 0.5) is 22.0 Å². The standard InChI is InChI=1S/C17H11Cl2F5N2O/c18-11-4-10(5-12(19)15(11)21)16(17(22,23)24)6-14(26-27-16)8-1-2-13(20)9(3-8)7-25/h1-6,26H,7,25H2. The lowest BCUT2D eigenvalue weighted by molar-refractivity contribution is -0.269. The number of benzene rings is 2. The first-order chi connectivity index (χ1) is 12.6. The van der Waals surface area contributed by atoms with Gasteiger partial charge in [0.05, 0.1) is 15.7 Å². The molecule has 1 heterocycles. The molecule has 0 radical (unpaired) electrons. The fraction of sp³-hybridized carbons (Fsp3) is 0.176. The molecule has 1 unspecified atom stereocenters. The van der Waals surface area contributed by atoms with E-state index in [4.69, 9.17) is 33.8 Å². The van der Waals surface area contributed by atoms with Crippen LogP contribution in [0.3, 0.4) is 0 Å². The van der Waals surface area contributed by atoms with Crippen molar-refractivity contribution in [2.24, 2.45) is 5.73 Å². The maximum atomic E-state index is 13.9. The van der Waals surface area contributed by atoms with Gasteiger partial charge in [0.1, 0.15) is 5.82 Å². The summed E-state index contributed by atoms with van der Waals surface area (Å²) in [6.45, 7) is -0.137. The maximum absolute atomic E-state index is 13.9. The average molecular weight is 425 g/mol. The van der Waals surface area contributed by atoms with Gasteiger partial charge in [0.25, 0.3) is 0 Å². The summed E-state index contributed by atoms with van der Waals surface area (Å²) < 4.78 is 68.9. The van der Waals surface area contributed by atoms with E-state index < -0.39 is 39.0 Å². The number of alkyl halides is 3. The van der Waals surface area contributed by atoms with E-state index in [9.17, 15) is 22.0 Å². The van der Waals surface area contributed by atoms with E-state index in [2.05, 4.69) is 5.48 Å². The summed E-state index contributed by atoms with van der Waals surface area (Å²) in [5, 5.41) is -1.17. The van der Waals surface area contributed by atoms with Crippen LogP contribution in [-0.2, 0) is 17.0 Å². The van der Waals surface area contributed by atoms with Gasteiger partial charge in [-0.1, -0.05) is 23.2 Å². The van der Waals surface area contributed by atoms with Gasteiger partial charge in [-0.15, -0.1) is 0 Å². The maximum Gasteiger partial charge on any atom is 0.428 e. The third kappa shape index (κ3) is 3.38. The van der Waals surface area contributed by atoms with Gasteiger partial charge < -0.3 is 5.73 Å². The first-order valence-electron chi connectivity index (χ1n) is 7.46. The fourth-order valence-corrected chi connectivity index (χ4v) is 3.14. The van der Waals surface area contributed by atoms with E-state index in [1.165, 1.54) is 12.1 Å². The molecule has 3 N–H and O–H groups in total. The summed E-state index contributed by atoms with van der Waals surface area (Å²) >= 11 is 11.3. The van der Waals surface area contributed by atoms with E-state index in [1.54, 1.807) is 0 Å². The summed E-state index contributed by atoms with van der Waals surface area (Å²) in [5.74, 6) is -1.62. The van der Waals surface area contributed by atoms with Crippen LogP contribution in [-0.4, -0.2) is 6.18 Å². The minimum atomic E-state index is -4.94. The molecule has 3 nitrogen and oxygen atoms in total. The molecule has 27 heavy (non-hydrogen) atoms. The van der Waals surface area contributed by atoms with E-state index in [0.717, 1.165) is 24.3 Å². The Balaban J connectivity index is 2.16. The number of nitrogens with one attached hydrogen (secondary N) is 1. The van der Waals surface area contributed by atoms with Gasteiger partial charge in [-0.2, -0.15) is 13.2 Å². The molecular formula is C17H11Cl2F5N2O. The minimum Gasteiger partial charge on any atom is -0.326 e. The van der Waals surface area contributed by atoms with Crippen molar-refractivity contribution in [2.45, 2.75) is 18.3 Å². The summed E-state index contributed by atoms with van der Waals surface area (Å²) in [7, 11) is 0. The number of halogens is 7. The number of hydrogen-bond donors (Lipinski definition) is 2. The third-order valence-electron chi connectivity index (χ3n) is 4.08. The van der Waals surface area contributed by atoms with Gasteiger partial charge in [-0.05, 0) is 36.4 Å². The van der Waals surface area contributed by atoms with Crippen LogP contribution in [0, 0.1) is 11.6 Å². The molecule has 10 heteroatoms. The Morgan fingerprint density at radius 2 is 1.70 bits per heavy atom. The van der Waals surface area contributed by atoms with Crippen LogP contribution in [0.5, 0.6) is 0 Å². The van der Waals surface area contributed by atoms with Gasteiger partial charge in [-0.3, -0.25) is 10.3 Å². The van der Waals surface area contributed by atoms with Crippen LogP contribution < -0.4 is 11.2 Å². The average Bonchev–Trinajstić information content (AvgIpc) is 3.06. The molecule has 144 valence electrons. The van der Waals surface area contributed by atoms with Crippen molar-refractivity contribution in [1.29, 1.82) is 0 Å². The van der Waals surface area contributed by atoms with E-state index in [-0.39, 0.29) is 23.4 Å². The van der Waals surface area contributed by atoms with Crippen LogP contribution in [0.25, 0.3) is 5.70 Å². The lowest BCUT2D eigenvalue weighted by Gasteiger charge is -2.28. The highest BCUT2D eigenvalue weighted by atomic mass is 35.5. The Morgan fingerprint density at radius 3 is 2.26 bits per heavy atom. The second-order valence-corrected chi connectivity index (χ2v) is 6.57. The third-order valence-corrected chi connectivity index (χ3v) is 4.63. The van der Waals surface area contributed by atoms with Crippen molar-refractivity contribution < 1.29 is 26.8 Å². The van der Waals surface area contributed by atoms with Crippen LogP contribution in [0.2, 0.25) is 10.0 Å². The Morgan fingerprint density at radius 1 is 1.07 bits per heavy atom. The van der Waals surface area contributed by atoms with Crippen LogP contribution in [0.15, 0.2) is 36.4 Å². The molecule has 0 saturated carbocycles. The highest BCUT2D eigenvalue weighted by Gasteiger charge is 2.59. The topological polar surface area (TPSA) is 47.3 Å². The molecule has 0 fully saturated rings. The minimum absolute atomic E-state index is 0.0707. The molecule has 2 aromatic carbocycles. The zero-order valence-corrected chi connectivity index (χ0v) is 14.8. The second-order valence-electron chi connectivity index (χ2n) is 5.76. The van der Waals surface area contributed by atoms with Crippen LogP contribution >= 0.6 is 23.2 Å². The van der Waals surface area contributed by atoms with Gasteiger partial charge >= 0.3 is 6.18 Å². The highest BCUT2D eigenvalue weighted by molar-refractivity contribution is 6.35. The molecule has 0 spiro atoms. The van der Waals surface area contributed by atoms with Crippen molar-refractivity contribution in [3.8, 4) is 0 Å². The Hall–Kier alpha value is -1.87. The second kappa shape index (κ2) is 6.94. The molecule has 0 bridgehead atoms. The number of nitrogens with two attached hydrogens (primary N) is 1. The Labute approximate surface area is 160 Å². The SMILES string of the molecule is NCc1cc(C2=CC(c3cc(Cl)c(F)c(Cl)c3)(C(F)(F)F)ON2)ccc1F. The monoisotopic (exact) mass is 424 g/mol. The largest absolute Gasteiger partial charge is 0.428 e. The van der Waals surface area contributed by atoms with Crippen molar-refractivity contribution in [2.75, 3.05) is 0 Å². The summed E-state index contributed by atoms with van der Waals surface area (Å²) in [6, 6.07) is 5.22. The molecule has 3 rings (SSSR count). The molecule has 1 aliphatic rings. The van der Waals surface area contributed by atoms with Crippen LogP contribution in [0.1, 0.15) is 16.7 Å². The zero-order valence-electron chi connectivity index (χ0n) is 13.3. The van der Waals surface area contributed by atoms with Crippen molar-refractivity contribution in [1.82, 2.24) is 5.48 Å². The quantitative estimate of drug-likeness (QED) is 0.534. The summed E-state index contributed by atoms with van der Waals surface area (Å²) in [6.07, 6.45) is -4.19. The van der Waals surface area contributed by atoms with Crippen molar-refractivity contribution >= 4 is 28.9 Å². The first-order valence-corrected chi connectivity index (χ1v) is 8.22. The van der Waals surface area contributed by atoms with Gasteiger partial charge in [-0.25, -0.2) is 8.78 Å². The van der Waals surface area contributed by atoms with Crippen molar-refractivity contribution in [3.63, 3.8) is 0 Å². The smallest absolute Gasteiger partial charge is 0.326 e. The predicted molar refractivity (Wildman–Crippen MR) is 90.6 cm³/mol. The van der Waals surface area contributed by atoms with E-state index in [0.29, 0.717) is 0 Å². The Kier molecular flexibility index (Phi) is 5.11. The van der Waals surface area contributed by atoms with Gasteiger partial charge in [0.2, 0.25) is 5.60 Å². The van der Waals surface area contributed by atoms with Gasteiger partial charge in [0, 0.05) is 23.2 Å². The molecule has 2 aromatic rings. The number of rotatable bonds is 3. The normalized spacial score (nSPS) is 19.8. The number of hydrogen-bond acceptors (Lipinski definition) is 3. The molecule has 1 atom stereocenters. The molecular weight excluding hydrogens is 414 g/mol. The Bertz CT molecular complexity index is 909. The lowest BCUT2D eigenvalue weighted by atomic mass is 9.91. The number of hydroxylamine groups is 1. The summed E-state index contributed by atoms with van der Waals surface area (Å²) in [5.41, 5.74) is 4.40. The molecule has 1 aliphatic heterocycles. The van der Waals surface area contributed by atoms with E-state index >= 15 is 0 Å². The van der Waals surface area contributed by atoms with Gasteiger partial charge in [0.15, 0.2) is 5.82 Å². The molecule has 0 saturated heterocycles. The summed E-state index contributed by atoms with van der Waals surface area (Å²) in [4.78, 5) is 4.88. The van der Waals surface area contributed by atoms with E-state index in [1.807, 2.05) is 0 Å². The molecule has 0 amide bonds. The predicted octanol–water partition coefficient (Wildman–Crippen LogP) is 5.06. The molecule has 0 aromatic heterocycles. The highest BCUT2D eigenvalue weighted by Crippen LogP contribution is 2.48. The fourth-order valence-electron chi connectivity index (χ4n) is 2.65.